The van der Waals surface area contributed by atoms with Crippen LogP contribution >= 0.6 is 0 Å². The molecule has 0 spiro atoms. The first kappa shape index (κ1) is 25.9. The van der Waals surface area contributed by atoms with Gasteiger partial charge in [-0.3, -0.25) is 0 Å². The van der Waals surface area contributed by atoms with Gasteiger partial charge in [-0.2, -0.15) is 0 Å². The number of methoxy groups -OCH3 is 4. The molecule has 36 heavy (non-hydrogen) atoms. The molecule has 1 aliphatic heterocycles. The zero-order valence-corrected chi connectivity index (χ0v) is 22.0. The first-order chi connectivity index (χ1) is 17.1. The highest BCUT2D eigenvalue weighted by Gasteiger charge is 2.36. The molecule has 192 valence electrons. The number of ether oxygens (including phenoxy) is 4. The Bertz CT molecular complexity index is 1300. The van der Waals surface area contributed by atoms with Gasteiger partial charge in [0.25, 0.3) is 10.0 Å². The fraction of sp³-hybridized carbons (Fsp3) is 0.360. The van der Waals surface area contributed by atoms with Crippen LogP contribution in [0.4, 0.5) is 0 Å². The van der Waals surface area contributed by atoms with Gasteiger partial charge in [0, 0.05) is 35.9 Å². The third-order valence-corrected chi connectivity index (χ3v) is 7.59. The molecular weight excluding hydrogens is 485 g/mol. The molecule has 2 aromatic carbocycles. The molecule has 1 aromatic heterocycles. The Morgan fingerprint density at radius 2 is 1.44 bits per heavy atom. The monoisotopic (exact) mass is 515 g/mol. The Balaban J connectivity index is 1.88. The van der Waals surface area contributed by atoms with E-state index in [1.165, 1.54) is 50.7 Å². The average molecular weight is 515 g/mol. The maximum Gasteiger partial charge on any atom is 0.495 e. The lowest BCUT2D eigenvalue weighted by Crippen LogP contribution is -2.47. The van der Waals surface area contributed by atoms with Gasteiger partial charge in [-0.05, 0) is 42.5 Å². The maximum atomic E-state index is 13.8. The van der Waals surface area contributed by atoms with E-state index < -0.39 is 17.1 Å². The van der Waals surface area contributed by atoms with Crippen molar-refractivity contribution in [1.29, 1.82) is 0 Å². The molecule has 0 saturated carbocycles. The van der Waals surface area contributed by atoms with Gasteiger partial charge >= 0.3 is 7.12 Å². The summed E-state index contributed by atoms with van der Waals surface area (Å²) in [5.74, 6) is 1.75. The summed E-state index contributed by atoms with van der Waals surface area (Å²) >= 11 is 0. The normalized spacial score (nSPS) is 15.4. The van der Waals surface area contributed by atoms with Crippen LogP contribution in [0.5, 0.6) is 23.0 Å². The Labute approximate surface area is 212 Å². The molecule has 11 heteroatoms. The molecule has 0 radical (unpaired) electrons. The minimum Gasteiger partial charge on any atom is -0.497 e. The lowest BCUT2D eigenvalue weighted by Gasteiger charge is -2.32. The second kappa shape index (κ2) is 10.1. The van der Waals surface area contributed by atoms with Crippen molar-refractivity contribution in [3.8, 4) is 34.3 Å². The zero-order chi connectivity index (χ0) is 26.1. The van der Waals surface area contributed by atoms with Gasteiger partial charge in [0.15, 0.2) is 11.5 Å². The summed E-state index contributed by atoms with van der Waals surface area (Å²) in [6.07, 6.45) is 1.53. The van der Waals surface area contributed by atoms with Gasteiger partial charge in [0.05, 0.1) is 39.0 Å². The third-order valence-electron chi connectivity index (χ3n) is 5.91. The quantitative estimate of drug-likeness (QED) is 0.423. The molecule has 0 amide bonds. The molecule has 3 aromatic rings. The number of aromatic nitrogens is 1. The van der Waals surface area contributed by atoms with Gasteiger partial charge in [-0.15, -0.1) is 0 Å². The number of hydrogen-bond donors (Lipinski definition) is 0. The van der Waals surface area contributed by atoms with Crippen molar-refractivity contribution >= 4 is 22.6 Å². The lowest BCUT2D eigenvalue weighted by molar-refractivity contribution is 0.0343. The zero-order valence-electron chi connectivity index (χ0n) is 21.2. The van der Waals surface area contributed by atoms with Crippen molar-refractivity contribution in [3.63, 3.8) is 0 Å². The number of nitrogens with zero attached hydrogens (tertiary/aromatic N) is 1. The summed E-state index contributed by atoms with van der Waals surface area (Å²) < 4.78 is 62.3. The number of benzene rings is 2. The van der Waals surface area contributed by atoms with E-state index in [9.17, 15) is 8.42 Å². The minimum atomic E-state index is -4.00. The Hall–Kier alpha value is -3.15. The van der Waals surface area contributed by atoms with E-state index in [-0.39, 0.29) is 10.3 Å². The van der Waals surface area contributed by atoms with Crippen molar-refractivity contribution < 1.29 is 36.7 Å². The molecule has 0 N–H and O–H groups in total. The van der Waals surface area contributed by atoms with Crippen LogP contribution in [0.1, 0.15) is 13.8 Å². The Morgan fingerprint density at radius 3 is 1.94 bits per heavy atom. The van der Waals surface area contributed by atoms with Crippen LogP contribution in [0, 0.1) is 5.41 Å². The van der Waals surface area contributed by atoms with Crippen LogP contribution in [0.3, 0.4) is 0 Å². The standard InChI is InChI=1S/C25H30BNO8S/c1-25(2)15-34-26(35-16-25)18-13-21(17-11-22(31-4)24(33-6)23(12-17)32-5)27(14-18)36(28,29)20-9-7-19(30-3)8-10-20/h7-14H,15-16H2,1-6H3. The van der Waals surface area contributed by atoms with Crippen LogP contribution < -0.4 is 24.4 Å². The molecule has 0 unspecified atom stereocenters. The summed E-state index contributed by atoms with van der Waals surface area (Å²) in [4.78, 5) is 0.103. The molecule has 1 aliphatic rings. The molecule has 0 bridgehead atoms. The molecule has 1 fully saturated rings. The predicted octanol–water partition coefficient (Wildman–Crippen LogP) is 3.19. The van der Waals surface area contributed by atoms with Crippen molar-refractivity contribution in [2.24, 2.45) is 5.41 Å². The van der Waals surface area contributed by atoms with Crippen LogP contribution in [-0.4, -0.2) is 61.2 Å². The summed E-state index contributed by atoms with van der Waals surface area (Å²) in [6, 6.07) is 11.4. The second-order valence-electron chi connectivity index (χ2n) is 9.17. The topological polar surface area (TPSA) is 94.5 Å². The number of hydrogen-bond acceptors (Lipinski definition) is 8. The Morgan fingerprint density at radius 1 is 0.861 bits per heavy atom. The molecule has 1 saturated heterocycles. The summed E-state index contributed by atoms with van der Waals surface area (Å²) in [7, 11) is 1.34. The van der Waals surface area contributed by atoms with Crippen molar-refractivity contribution in [1.82, 2.24) is 3.97 Å². The first-order valence-electron chi connectivity index (χ1n) is 11.3. The fourth-order valence-electron chi connectivity index (χ4n) is 3.98. The van der Waals surface area contributed by atoms with Crippen LogP contribution in [-0.2, 0) is 19.3 Å². The molecule has 2 heterocycles. The van der Waals surface area contributed by atoms with Gasteiger partial charge < -0.3 is 28.3 Å². The minimum absolute atomic E-state index is 0.103. The molecule has 9 nitrogen and oxygen atoms in total. The number of rotatable bonds is 8. The van der Waals surface area contributed by atoms with Gasteiger partial charge in [-0.25, -0.2) is 12.4 Å². The maximum absolute atomic E-state index is 13.8. The highest BCUT2D eigenvalue weighted by atomic mass is 32.2. The highest BCUT2D eigenvalue weighted by molar-refractivity contribution is 7.90. The summed E-state index contributed by atoms with van der Waals surface area (Å²) in [5, 5.41) is 0. The lowest BCUT2D eigenvalue weighted by atomic mass is 9.77. The molecule has 0 aliphatic carbocycles. The highest BCUT2D eigenvalue weighted by Crippen LogP contribution is 2.41. The van der Waals surface area contributed by atoms with Crippen LogP contribution in [0.15, 0.2) is 53.6 Å². The van der Waals surface area contributed by atoms with Gasteiger partial charge in [0.2, 0.25) is 5.75 Å². The fourth-order valence-corrected chi connectivity index (χ4v) is 5.36. The molecular formula is C25H30BNO8S. The summed E-state index contributed by atoms with van der Waals surface area (Å²) in [5.41, 5.74) is 1.38. The van der Waals surface area contributed by atoms with Gasteiger partial charge in [0.1, 0.15) is 5.75 Å². The van der Waals surface area contributed by atoms with Crippen molar-refractivity contribution in [3.05, 3.63) is 48.7 Å². The predicted molar refractivity (Wildman–Crippen MR) is 136 cm³/mol. The Kier molecular flexibility index (Phi) is 7.26. The smallest absolute Gasteiger partial charge is 0.495 e. The van der Waals surface area contributed by atoms with Crippen LogP contribution in [0.2, 0.25) is 0 Å². The SMILES string of the molecule is COc1ccc(S(=O)(=O)n2cc(B3OCC(C)(C)CO3)cc2-c2cc(OC)c(OC)c(OC)c2)cc1. The van der Waals surface area contributed by atoms with Crippen LogP contribution in [0.25, 0.3) is 11.3 Å². The second-order valence-corrected chi connectivity index (χ2v) is 11.0. The summed E-state index contributed by atoms with van der Waals surface area (Å²) in [6.45, 7) is 5.05. The van der Waals surface area contributed by atoms with Crippen molar-refractivity contribution in [2.75, 3.05) is 41.7 Å². The van der Waals surface area contributed by atoms with E-state index in [1.807, 2.05) is 13.8 Å². The van der Waals surface area contributed by atoms with Gasteiger partial charge in [-0.1, -0.05) is 13.8 Å². The van der Waals surface area contributed by atoms with E-state index in [0.717, 1.165) is 0 Å². The van der Waals surface area contributed by atoms with Crippen molar-refractivity contribution in [2.45, 2.75) is 18.7 Å². The largest absolute Gasteiger partial charge is 0.497 e. The van der Waals surface area contributed by atoms with E-state index in [4.69, 9.17) is 28.3 Å². The van der Waals surface area contributed by atoms with E-state index in [0.29, 0.717) is 52.9 Å². The van der Waals surface area contributed by atoms with E-state index in [1.54, 1.807) is 30.3 Å². The average Bonchev–Trinajstić information content (AvgIpc) is 3.34. The first-order valence-corrected chi connectivity index (χ1v) is 12.7. The van der Waals surface area contributed by atoms with E-state index >= 15 is 0 Å². The molecule has 4 rings (SSSR count). The van der Waals surface area contributed by atoms with E-state index in [2.05, 4.69) is 0 Å². The third kappa shape index (κ3) is 4.91. The molecule has 0 atom stereocenters.